The second-order valence-electron chi connectivity index (χ2n) is 6.44. The van der Waals surface area contributed by atoms with Crippen molar-refractivity contribution < 1.29 is 0 Å². The first-order chi connectivity index (χ1) is 11.4. The van der Waals surface area contributed by atoms with Crippen molar-refractivity contribution in [1.29, 1.82) is 0 Å². The van der Waals surface area contributed by atoms with Crippen LogP contribution in [0.25, 0.3) is 0 Å². The van der Waals surface area contributed by atoms with Gasteiger partial charge >= 0.3 is 0 Å². The maximum atomic E-state index is 2.35. The van der Waals surface area contributed by atoms with Gasteiger partial charge in [0.2, 0.25) is 0 Å². The first-order valence-corrected chi connectivity index (χ1v) is 8.59. The Morgan fingerprint density at radius 3 is 2.00 bits per heavy atom. The molecule has 0 aromatic heterocycles. The summed E-state index contributed by atoms with van der Waals surface area (Å²) in [5.41, 5.74) is 9.56. The van der Waals surface area contributed by atoms with E-state index in [2.05, 4.69) is 60.7 Å². The molecule has 114 valence electrons. The number of allylic oxidation sites excluding steroid dienone is 6. The number of rotatable bonds is 0. The lowest BCUT2D eigenvalue weighted by Gasteiger charge is -2.04. The van der Waals surface area contributed by atoms with Crippen LogP contribution < -0.4 is 0 Å². The van der Waals surface area contributed by atoms with E-state index >= 15 is 0 Å². The van der Waals surface area contributed by atoms with Crippen LogP contribution in [-0.4, -0.2) is 0 Å². The average molecular weight is 298 g/mol. The van der Waals surface area contributed by atoms with Crippen LogP contribution in [0.4, 0.5) is 0 Å². The standard InChI is InChI=1S/C16H14.C7H8/c1-2-4-12-9-13-5-6-14-10-16(14)15(13)8-7-11(12)3-1;1-2-4-6-7-5-3-1/h1-6H,7-10H2;1-6H,7H2. The van der Waals surface area contributed by atoms with Gasteiger partial charge in [-0.3, -0.25) is 0 Å². The molecule has 3 aliphatic carbocycles. The smallest absolute Gasteiger partial charge is 0.00171 e. The summed E-state index contributed by atoms with van der Waals surface area (Å²) in [6.45, 7) is 0. The van der Waals surface area contributed by atoms with Crippen LogP contribution in [0.2, 0.25) is 0 Å². The van der Waals surface area contributed by atoms with E-state index in [1.54, 1.807) is 27.8 Å². The van der Waals surface area contributed by atoms with E-state index in [1.165, 1.54) is 24.8 Å². The second kappa shape index (κ2) is 6.42. The number of aryl methyl sites for hydroxylation is 1. The molecule has 0 heteroatoms. The van der Waals surface area contributed by atoms with Crippen LogP contribution in [0, 0.1) is 0 Å². The van der Waals surface area contributed by atoms with Gasteiger partial charge in [0.25, 0.3) is 0 Å². The van der Waals surface area contributed by atoms with E-state index in [9.17, 15) is 0 Å². The highest BCUT2D eigenvalue weighted by molar-refractivity contribution is 5.56. The van der Waals surface area contributed by atoms with Gasteiger partial charge in [0, 0.05) is 0 Å². The molecule has 0 unspecified atom stereocenters. The summed E-state index contributed by atoms with van der Waals surface area (Å²) in [6.07, 6.45) is 18.4. The Hall–Kier alpha value is -2.34. The lowest BCUT2D eigenvalue weighted by Crippen LogP contribution is -1.91. The van der Waals surface area contributed by atoms with E-state index in [4.69, 9.17) is 0 Å². The predicted octanol–water partition coefficient (Wildman–Crippen LogP) is 5.34. The van der Waals surface area contributed by atoms with Crippen LogP contribution in [0.1, 0.15) is 39.8 Å². The highest BCUT2D eigenvalue weighted by atomic mass is 14.3. The summed E-state index contributed by atoms with van der Waals surface area (Å²) in [5.74, 6) is 0. The number of fused-ring (bicyclic) bond motifs is 4. The zero-order valence-corrected chi connectivity index (χ0v) is 13.5. The molecule has 0 amide bonds. The van der Waals surface area contributed by atoms with Crippen LogP contribution in [0.3, 0.4) is 0 Å². The lowest BCUT2D eigenvalue weighted by molar-refractivity contribution is 0.963. The third-order valence-corrected chi connectivity index (χ3v) is 4.89. The number of hydrogen-bond acceptors (Lipinski definition) is 0. The third kappa shape index (κ3) is 3.22. The fraction of sp³-hybridized carbons (Fsp3) is 0.217. The Bertz CT molecular complexity index is 789. The van der Waals surface area contributed by atoms with Crippen molar-refractivity contribution in [2.24, 2.45) is 0 Å². The molecule has 0 saturated heterocycles. The number of hydrogen-bond donors (Lipinski definition) is 0. The van der Waals surface area contributed by atoms with E-state index in [1.807, 2.05) is 12.2 Å². The van der Waals surface area contributed by atoms with Crippen molar-refractivity contribution in [1.82, 2.24) is 0 Å². The van der Waals surface area contributed by atoms with Gasteiger partial charge < -0.3 is 0 Å². The summed E-state index contributed by atoms with van der Waals surface area (Å²) in [6, 6.07) is 13.6. The fourth-order valence-corrected chi connectivity index (χ4v) is 3.54. The molecule has 5 rings (SSSR count). The Morgan fingerprint density at radius 1 is 0.522 bits per heavy atom. The van der Waals surface area contributed by atoms with Crippen LogP contribution in [-0.2, 0) is 25.7 Å². The van der Waals surface area contributed by atoms with Gasteiger partial charge in [-0.1, -0.05) is 72.9 Å². The normalized spacial score (nSPS) is 16.2. The molecule has 23 heavy (non-hydrogen) atoms. The van der Waals surface area contributed by atoms with Gasteiger partial charge in [0.05, 0.1) is 0 Å². The largest absolute Gasteiger partial charge is 0.0807 e. The minimum absolute atomic E-state index is 1.08. The molecule has 0 fully saturated rings. The van der Waals surface area contributed by atoms with Crippen molar-refractivity contribution in [3.05, 3.63) is 106 Å². The average Bonchev–Trinajstić information content (AvgIpc) is 3.39. The van der Waals surface area contributed by atoms with E-state index in [0.29, 0.717) is 0 Å². The Balaban J connectivity index is 0.000000164. The van der Waals surface area contributed by atoms with E-state index in [0.717, 1.165) is 12.8 Å². The van der Waals surface area contributed by atoms with Crippen LogP contribution in [0.5, 0.6) is 0 Å². The summed E-state index contributed by atoms with van der Waals surface area (Å²) < 4.78 is 0. The highest BCUT2D eigenvalue weighted by Gasteiger charge is 2.24. The van der Waals surface area contributed by atoms with Crippen LogP contribution in [0.15, 0.2) is 72.9 Å². The molecule has 2 aromatic carbocycles. The summed E-state index contributed by atoms with van der Waals surface area (Å²) >= 11 is 0. The Kier molecular flexibility index (Phi) is 3.98. The lowest BCUT2D eigenvalue weighted by atomic mass is 10.0. The van der Waals surface area contributed by atoms with E-state index in [-0.39, 0.29) is 0 Å². The van der Waals surface area contributed by atoms with Crippen molar-refractivity contribution in [3.63, 3.8) is 0 Å². The summed E-state index contributed by atoms with van der Waals surface area (Å²) in [7, 11) is 0. The minimum atomic E-state index is 1.08. The fourth-order valence-electron chi connectivity index (χ4n) is 3.54. The zero-order chi connectivity index (χ0) is 15.5. The molecular weight excluding hydrogens is 276 g/mol. The summed E-state index contributed by atoms with van der Waals surface area (Å²) in [5, 5.41) is 0. The summed E-state index contributed by atoms with van der Waals surface area (Å²) in [4.78, 5) is 0. The van der Waals surface area contributed by atoms with E-state index < -0.39 is 0 Å². The third-order valence-electron chi connectivity index (χ3n) is 4.89. The van der Waals surface area contributed by atoms with Crippen molar-refractivity contribution in [2.75, 3.05) is 0 Å². The van der Waals surface area contributed by atoms with Gasteiger partial charge in [-0.25, -0.2) is 0 Å². The van der Waals surface area contributed by atoms with Crippen molar-refractivity contribution in [2.45, 2.75) is 32.1 Å². The monoisotopic (exact) mass is 298 g/mol. The molecule has 0 radical (unpaired) electrons. The molecule has 0 spiro atoms. The minimum Gasteiger partial charge on any atom is -0.0807 e. The molecule has 0 atom stereocenters. The van der Waals surface area contributed by atoms with Crippen molar-refractivity contribution >= 4 is 0 Å². The molecule has 0 N–H and O–H groups in total. The topological polar surface area (TPSA) is 0 Å². The molecule has 0 nitrogen and oxygen atoms in total. The van der Waals surface area contributed by atoms with Gasteiger partial charge in [0.1, 0.15) is 0 Å². The highest BCUT2D eigenvalue weighted by Crippen LogP contribution is 2.37. The van der Waals surface area contributed by atoms with Gasteiger partial charge in [0.15, 0.2) is 0 Å². The molecule has 0 heterocycles. The maximum Gasteiger partial charge on any atom is -0.00171 e. The van der Waals surface area contributed by atoms with Gasteiger partial charge in [-0.05, 0) is 65.5 Å². The number of benzene rings is 2. The van der Waals surface area contributed by atoms with Crippen LogP contribution >= 0.6 is 0 Å². The molecule has 0 aliphatic heterocycles. The molecular formula is C23H22. The molecule has 3 aliphatic rings. The quantitative estimate of drug-likeness (QED) is 0.525. The molecule has 0 bridgehead atoms. The first-order valence-electron chi connectivity index (χ1n) is 8.59. The first kappa shape index (κ1) is 14.3. The predicted molar refractivity (Wildman–Crippen MR) is 97.9 cm³/mol. The Labute approximate surface area is 138 Å². The maximum absolute atomic E-state index is 2.35. The van der Waals surface area contributed by atoms with Crippen molar-refractivity contribution in [3.8, 4) is 0 Å². The second-order valence-corrected chi connectivity index (χ2v) is 6.44. The molecule has 0 saturated carbocycles. The Morgan fingerprint density at radius 2 is 1.22 bits per heavy atom. The SMILES string of the molecule is C1=CC=CCC=C1.c1ccc2c(c1)CCc1c(ccc3c1C3)C2. The van der Waals surface area contributed by atoms with Gasteiger partial charge in [-0.15, -0.1) is 0 Å². The molecule has 2 aromatic rings. The van der Waals surface area contributed by atoms with Gasteiger partial charge in [-0.2, -0.15) is 0 Å². The zero-order valence-electron chi connectivity index (χ0n) is 13.5.